The van der Waals surface area contributed by atoms with E-state index in [2.05, 4.69) is 14.8 Å². The van der Waals surface area contributed by atoms with E-state index >= 15 is 0 Å². The lowest BCUT2D eigenvalue weighted by Gasteiger charge is -2.21. The van der Waals surface area contributed by atoms with Gasteiger partial charge in [-0.2, -0.15) is 0 Å². The molecule has 0 aromatic heterocycles. The zero-order valence-corrected chi connectivity index (χ0v) is 12.6. The average Bonchev–Trinajstić information content (AvgIpc) is 2.41. The van der Waals surface area contributed by atoms with Crippen molar-refractivity contribution < 1.29 is 44.9 Å². The highest BCUT2D eigenvalue weighted by Gasteiger charge is 2.28. The van der Waals surface area contributed by atoms with Gasteiger partial charge in [0.2, 0.25) is 6.41 Å². The molecule has 10 heteroatoms. The lowest BCUT2D eigenvalue weighted by Crippen LogP contribution is -2.37. The Balaban J connectivity index is 0.00000232. The molecule has 1 amide bonds. The van der Waals surface area contributed by atoms with Crippen LogP contribution in [0.5, 0.6) is 11.5 Å². The van der Waals surface area contributed by atoms with E-state index in [1.54, 1.807) is 0 Å². The smallest absolute Gasteiger partial charge is 0.413 e. The lowest BCUT2D eigenvalue weighted by atomic mass is 10.1. The molecule has 0 spiro atoms. The third-order valence-corrected chi connectivity index (χ3v) is 2.14. The first-order valence-electron chi connectivity index (χ1n) is 6.63. The van der Waals surface area contributed by atoms with Crippen LogP contribution in [0.3, 0.4) is 0 Å². The maximum atomic E-state index is 10.1. The van der Waals surface area contributed by atoms with Crippen molar-refractivity contribution in [2.45, 2.75) is 32.6 Å². The van der Waals surface area contributed by atoms with Crippen molar-refractivity contribution in [1.29, 1.82) is 0 Å². The molecule has 0 aliphatic heterocycles. The standard InChI is InChI=1S/C11H15NO9.C2H6/c13-6-12-4-3-7-1-2-8(20-10(14,15)16)9(5-7)21-11(17,18)19;1-2/h1-2,5-6,14-19H,3-4H2,(H,12,13);1-2H3. The molecule has 1 aromatic rings. The summed E-state index contributed by atoms with van der Waals surface area (Å²) in [7, 11) is 0. The molecule has 1 rings (SSSR count). The van der Waals surface area contributed by atoms with Crippen LogP contribution >= 0.6 is 0 Å². The van der Waals surface area contributed by atoms with E-state index in [0.717, 1.165) is 6.07 Å². The molecule has 0 saturated heterocycles. The molecule has 0 fully saturated rings. The van der Waals surface area contributed by atoms with Crippen LogP contribution < -0.4 is 14.8 Å². The van der Waals surface area contributed by atoms with E-state index < -0.39 is 23.8 Å². The van der Waals surface area contributed by atoms with Gasteiger partial charge in [0.15, 0.2) is 11.5 Å². The van der Waals surface area contributed by atoms with Crippen molar-refractivity contribution >= 4 is 6.41 Å². The number of nitrogens with one attached hydrogen (secondary N) is 1. The van der Waals surface area contributed by atoms with Gasteiger partial charge < -0.3 is 45.4 Å². The van der Waals surface area contributed by atoms with Crippen LogP contribution in [0.25, 0.3) is 0 Å². The first-order valence-corrected chi connectivity index (χ1v) is 6.63. The molecule has 10 nitrogen and oxygen atoms in total. The van der Waals surface area contributed by atoms with Crippen molar-refractivity contribution in [3.05, 3.63) is 23.8 Å². The largest absolute Gasteiger partial charge is 0.453 e. The van der Waals surface area contributed by atoms with Gasteiger partial charge in [-0.15, -0.1) is 0 Å². The number of rotatable bonds is 8. The predicted molar refractivity (Wildman–Crippen MR) is 75.6 cm³/mol. The van der Waals surface area contributed by atoms with Gasteiger partial charge in [0, 0.05) is 6.54 Å². The quantitative estimate of drug-likeness (QED) is 0.160. The molecule has 0 radical (unpaired) electrons. The van der Waals surface area contributed by atoms with Crippen LogP contribution in [0.1, 0.15) is 19.4 Å². The van der Waals surface area contributed by atoms with Gasteiger partial charge >= 0.3 is 12.3 Å². The first-order chi connectivity index (χ1) is 10.6. The molecule has 0 aliphatic rings. The van der Waals surface area contributed by atoms with E-state index in [1.165, 1.54) is 12.1 Å². The fraction of sp³-hybridized carbons (Fsp3) is 0.462. The van der Waals surface area contributed by atoms with Crippen molar-refractivity contribution in [2.75, 3.05) is 6.54 Å². The second-order valence-corrected chi connectivity index (χ2v) is 3.95. The Morgan fingerprint density at radius 1 is 1.00 bits per heavy atom. The molecule has 0 saturated carbocycles. The predicted octanol–water partition coefficient (Wildman–Crippen LogP) is -2.06. The maximum absolute atomic E-state index is 10.1. The molecule has 0 heterocycles. The summed E-state index contributed by atoms with van der Waals surface area (Å²) in [6.07, 6.45) is -6.25. The van der Waals surface area contributed by atoms with Crippen molar-refractivity contribution in [2.24, 2.45) is 0 Å². The number of hydrogen-bond donors (Lipinski definition) is 7. The number of aliphatic hydroxyl groups is 6. The van der Waals surface area contributed by atoms with E-state index in [9.17, 15) is 4.79 Å². The van der Waals surface area contributed by atoms with Crippen molar-refractivity contribution in [3.63, 3.8) is 0 Å². The summed E-state index contributed by atoms with van der Waals surface area (Å²) < 4.78 is 8.64. The second kappa shape index (κ2) is 9.25. The van der Waals surface area contributed by atoms with Crippen LogP contribution in [0, 0.1) is 0 Å². The minimum Gasteiger partial charge on any atom is -0.413 e. The van der Waals surface area contributed by atoms with Crippen molar-refractivity contribution in [1.82, 2.24) is 5.32 Å². The summed E-state index contributed by atoms with van der Waals surface area (Å²) >= 11 is 0. The van der Waals surface area contributed by atoms with Crippen molar-refractivity contribution in [3.8, 4) is 11.5 Å². The molecular formula is C13H21NO9. The van der Waals surface area contributed by atoms with E-state index in [1.807, 2.05) is 13.8 Å². The van der Waals surface area contributed by atoms with Crippen LogP contribution in [0.15, 0.2) is 18.2 Å². The van der Waals surface area contributed by atoms with Gasteiger partial charge in [0.1, 0.15) is 0 Å². The number of amides is 1. The normalized spacial score (nSPS) is 11.1. The SMILES string of the molecule is CC.O=CNCCc1ccc(OC(O)(O)O)c(OC(O)(O)O)c1. The van der Waals surface area contributed by atoms with Gasteiger partial charge in [0.05, 0.1) is 0 Å². The van der Waals surface area contributed by atoms with E-state index in [-0.39, 0.29) is 6.54 Å². The summed E-state index contributed by atoms with van der Waals surface area (Å²) in [5, 5.41) is 55.0. The first kappa shape index (κ1) is 21.0. The van der Waals surface area contributed by atoms with Gasteiger partial charge in [-0.25, -0.2) is 0 Å². The Morgan fingerprint density at radius 3 is 2.00 bits per heavy atom. The van der Waals surface area contributed by atoms with Crippen LogP contribution in [-0.2, 0) is 11.2 Å². The highest BCUT2D eigenvalue weighted by molar-refractivity contribution is 5.46. The van der Waals surface area contributed by atoms with Gasteiger partial charge in [-0.05, 0) is 24.1 Å². The minimum absolute atomic E-state index is 0.273. The van der Waals surface area contributed by atoms with Gasteiger partial charge in [0.25, 0.3) is 0 Å². The number of ether oxygens (including phenoxy) is 2. The number of benzene rings is 1. The monoisotopic (exact) mass is 335 g/mol. The van der Waals surface area contributed by atoms with Crippen LogP contribution in [0.2, 0.25) is 0 Å². The summed E-state index contributed by atoms with van der Waals surface area (Å²) in [6.45, 7) is 4.27. The highest BCUT2D eigenvalue weighted by Crippen LogP contribution is 2.31. The van der Waals surface area contributed by atoms with Crippen LogP contribution in [0.4, 0.5) is 0 Å². The Labute approximate surface area is 132 Å². The summed E-state index contributed by atoms with van der Waals surface area (Å²) in [5.41, 5.74) is 0.523. The summed E-state index contributed by atoms with van der Waals surface area (Å²) in [6, 6.07) is 3.72. The van der Waals surface area contributed by atoms with Gasteiger partial charge in [-0.3, -0.25) is 4.79 Å². The summed E-state index contributed by atoms with van der Waals surface area (Å²) in [5.74, 6) is -0.983. The Hall–Kier alpha value is -1.95. The highest BCUT2D eigenvalue weighted by atomic mass is 16.9. The fourth-order valence-electron chi connectivity index (χ4n) is 1.44. The number of carbonyl (C=O) groups is 1. The molecule has 23 heavy (non-hydrogen) atoms. The van der Waals surface area contributed by atoms with Crippen LogP contribution in [-0.4, -0.2) is 55.9 Å². The fourth-order valence-corrected chi connectivity index (χ4v) is 1.44. The lowest BCUT2D eigenvalue weighted by molar-refractivity contribution is -0.428. The number of carbonyl (C=O) groups excluding carboxylic acids is 1. The number of hydrogen-bond acceptors (Lipinski definition) is 9. The summed E-state index contributed by atoms with van der Waals surface area (Å²) in [4.78, 5) is 10.1. The maximum Gasteiger partial charge on any atom is 0.453 e. The molecule has 0 atom stereocenters. The molecule has 0 unspecified atom stereocenters. The van der Waals surface area contributed by atoms with E-state index in [0.29, 0.717) is 18.4 Å². The third-order valence-electron chi connectivity index (χ3n) is 2.14. The van der Waals surface area contributed by atoms with E-state index in [4.69, 9.17) is 30.6 Å². The average molecular weight is 335 g/mol. The Morgan fingerprint density at radius 2 is 1.52 bits per heavy atom. The van der Waals surface area contributed by atoms with Gasteiger partial charge in [-0.1, -0.05) is 19.9 Å². The Kier molecular flexibility index (Phi) is 8.46. The Bertz CT molecular complexity index is 479. The minimum atomic E-state index is -3.54. The zero-order chi connectivity index (χ0) is 18.1. The molecule has 7 N–H and O–H groups in total. The topological polar surface area (TPSA) is 169 Å². The molecular weight excluding hydrogens is 314 g/mol. The zero-order valence-electron chi connectivity index (χ0n) is 12.6. The second-order valence-electron chi connectivity index (χ2n) is 3.95. The molecule has 0 bridgehead atoms. The third kappa shape index (κ3) is 9.63. The molecule has 0 aliphatic carbocycles. The molecule has 132 valence electrons. The molecule has 1 aromatic carbocycles.